The Hall–Kier alpha value is -4.44. The highest BCUT2D eigenvalue weighted by molar-refractivity contribution is 5.99. The molecule has 0 aliphatic rings. The lowest BCUT2D eigenvalue weighted by atomic mass is 10.2. The minimum atomic E-state index is -0.410. The summed E-state index contributed by atoms with van der Waals surface area (Å²) in [4.78, 5) is 24.7. The Morgan fingerprint density at radius 1 is 0.882 bits per heavy atom. The average Bonchev–Trinajstić information content (AvgIpc) is 2.86. The predicted molar refractivity (Wildman–Crippen MR) is 130 cm³/mol. The Morgan fingerprint density at radius 2 is 1.68 bits per heavy atom. The number of ether oxygens (including phenoxy) is 3. The van der Waals surface area contributed by atoms with E-state index < -0.39 is 5.91 Å². The van der Waals surface area contributed by atoms with Crippen LogP contribution < -0.4 is 24.8 Å². The number of carbonyl (C=O) groups is 2. The SMILES string of the molecule is C#Cc1cccc(NC(=O)CNC(=O)c2ccc(OCCOc3ccccc3)c(OCC)c2)c1. The fourth-order valence-corrected chi connectivity index (χ4v) is 3.02. The number of benzene rings is 3. The summed E-state index contributed by atoms with van der Waals surface area (Å²) in [6.45, 7) is 2.71. The molecule has 3 aromatic carbocycles. The van der Waals surface area contributed by atoms with E-state index in [0.29, 0.717) is 48.1 Å². The molecule has 2 N–H and O–H groups in total. The van der Waals surface area contributed by atoms with E-state index in [1.807, 2.05) is 37.3 Å². The molecule has 34 heavy (non-hydrogen) atoms. The minimum absolute atomic E-state index is 0.196. The molecule has 0 spiro atoms. The first-order valence-corrected chi connectivity index (χ1v) is 10.8. The minimum Gasteiger partial charge on any atom is -0.490 e. The molecule has 0 heterocycles. The number of terminal acetylenes is 1. The van der Waals surface area contributed by atoms with Crippen LogP contribution in [0.5, 0.6) is 17.2 Å². The number of carbonyl (C=O) groups excluding carboxylic acids is 2. The lowest BCUT2D eigenvalue weighted by Crippen LogP contribution is -2.32. The van der Waals surface area contributed by atoms with Gasteiger partial charge in [-0.15, -0.1) is 6.42 Å². The van der Waals surface area contributed by atoms with E-state index in [1.165, 1.54) is 0 Å². The second-order valence-corrected chi connectivity index (χ2v) is 7.06. The van der Waals surface area contributed by atoms with Gasteiger partial charge in [-0.25, -0.2) is 0 Å². The molecule has 0 saturated heterocycles. The van der Waals surface area contributed by atoms with Crippen molar-refractivity contribution in [3.63, 3.8) is 0 Å². The van der Waals surface area contributed by atoms with Gasteiger partial charge in [0, 0.05) is 16.8 Å². The molecule has 0 bridgehead atoms. The lowest BCUT2D eigenvalue weighted by Gasteiger charge is -2.14. The Labute approximate surface area is 199 Å². The van der Waals surface area contributed by atoms with Crippen molar-refractivity contribution in [2.45, 2.75) is 6.92 Å². The van der Waals surface area contributed by atoms with E-state index in [1.54, 1.807) is 42.5 Å². The summed E-state index contributed by atoms with van der Waals surface area (Å²) >= 11 is 0. The number of hydrogen-bond acceptors (Lipinski definition) is 5. The van der Waals surface area contributed by atoms with Gasteiger partial charge in [0.15, 0.2) is 11.5 Å². The van der Waals surface area contributed by atoms with Crippen LogP contribution in [0.2, 0.25) is 0 Å². The van der Waals surface area contributed by atoms with Crippen LogP contribution >= 0.6 is 0 Å². The quantitative estimate of drug-likeness (QED) is 0.336. The number of anilines is 1. The Bertz CT molecular complexity index is 1160. The number of rotatable bonds is 11. The maximum atomic E-state index is 12.6. The summed E-state index contributed by atoms with van der Waals surface area (Å²) in [7, 11) is 0. The van der Waals surface area contributed by atoms with Gasteiger partial charge in [-0.1, -0.05) is 30.2 Å². The van der Waals surface area contributed by atoms with Crippen molar-refractivity contribution in [1.29, 1.82) is 0 Å². The predicted octanol–water partition coefficient (Wildman–Crippen LogP) is 3.89. The van der Waals surface area contributed by atoms with E-state index in [9.17, 15) is 9.59 Å². The fraction of sp³-hybridized carbons (Fsp3) is 0.185. The third kappa shape index (κ3) is 7.31. The standard InChI is InChI=1S/C27H26N2O5/c1-3-20-9-8-10-22(17-20)29-26(30)19-28-27(31)21-13-14-24(25(18-21)32-4-2)34-16-15-33-23-11-6-5-7-12-23/h1,5-14,17-18H,4,15-16,19H2,2H3,(H,28,31)(H,29,30). The number of amides is 2. The van der Waals surface area contributed by atoms with Crippen LogP contribution in [0.15, 0.2) is 72.8 Å². The summed E-state index contributed by atoms with van der Waals surface area (Å²) in [5.41, 5.74) is 1.56. The van der Waals surface area contributed by atoms with Crippen LogP contribution in [0, 0.1) is 12.3 Å². The van der Waals surface area contributed by atoms with Gasteiger partial charge in [0.1, 0.15) is 19.0 Å². The molecular formula is C27H26N2O5. The first-order valence-electron chi connectivity index (χ1n) is 10.8. The van der Waals surface area contributed by atoms with Gasteiger partial charge in [-0.05, 0) is 55.5 Å². The molecule has 0 unspecified atom stereocenters. The third-order valence-electron chi connectivity index (χ3n) is 4.58. The van der Waals surface area contributed by atoms with Crippen LogP contribution in [0.4, 0.5) is 5.69 Å². The summed E-state index contributed by atoms with van der Waals surface area (Å²) in [6, 6.07) is 21.2. The molecular weight excluding hydrogens is 432 g/mol. The van der Waals surface area contributed by atoms with Crippen molar-refractivity contribution in [1.82, 2.24) is 5.32 Å². The zero-order valence-corrected chi connectivity index (χ0v) is 18.9. The van der Waals surface area contributed by atoms with Gasteiger partial charge < -0.3 is 24.8 Å². The highest BCUT2D eigenvalue weighted by atomic mass is 16.5. The summed E-state index contributed by atoms with van der Waals surface area (Å²) in [5.74, 6) is 3.42. The molecule has 0 radical (unpaired) electrons. The number of hydrogen-bond donors (Lipinski definition) is 2. The molecule has 0 saturated carbocycles. The first-order chi connectivity index (χ1) is 16.6. The van der Waals surface area contributed by atoms with Crippen LogP contribution in [-0.4, -0.2) is 38.2 Å². The maximum absolute atomic E-state index is 12.6. The highest BCUT2D eigenvalue weighted by Crippen LogP contribution is 2.28. The average molecular weight is 459 g/mol. The fourth-order valence-electron chi connectivity index (χ4n) is 3.02. The highest BCUT2D eigenvalue weighted by Gasteiger charge is 2.13. The van der Waals surface area contributed by atoms with Crippen molar-refractivity contribution in [3.8, 4) is 29.6 Å². The monoisotopic (exact) mass is 458 g/mol. The third-order valence-corrected chi connectivity index (χ3v) is 4.58. The number of para-hydroxylation sites is 1. The number of nitrogens with one attached hydrogen (secondary N) is 2. The molecule has 7 nitrogen and oxygen atoms in total. The van der Waals surface area contributed by atoms with Gasteiger partial charge in [0.2, 0.25) is 5.91 Å². The molecule has 3 rings (SSSR count). The van der Waals surface area contributed by atoms with Crippen LogP contribution in [-0.2, 0) is 4.79 Å². The molecule has 0 fully saturated rings. The van der Waals surface area contributed by atoms with Gasteiger partial charge in [0.25, 0.3) is 5.91 Å². The Balaban J connectivity index is 1.52. The lowest BCUT2D eigenvalue weighted by molar-refractivity contribution is -0.115. The van der Waals surface area contributed by atoms with E-state index in [4.69, 9.17) is 20.6 Å². The summed E-state index contributed by atoms with van der Waals surface area (Å²) in [6.07, 6.45) is 5.37. The zero-order chi connectivity index (χ0) is 24.2. The van der Waals surface area contributed by atoms with E-state index in [-0.39, 0.29) is 12.5 Å². The normalized spacial score (nSPS) is 10.0. The van der Waals surface area contributed by atoms with Gasteiger partial charge in [0.05, 0.1) is 13.2 Å². The van der Waals surface area contributed by atoms with Gasteiger partial charge >= 0.3 is 0 Å². The van der Waals surface area contributed by atoms with E-state index in [0.717, 1.165) is 5.75 Å². The molecule has 3 aromatic rings. The van der Waals surface area contributed by atoms with E-state index in [2.05, 4.69) is 16.6 Å². The molecule has 0 aliphatic carbocycles. The maximum Gasteiger partial charge on any atom is 0.251 e. The molecule has 0 atom stereocenters. The topological polar surface area (TPSA) is 85.9 Å². The van der Waals surface area contributed by atoms with Crippen molar-refractivity contribution in [3.05, 3.63) is 83.9 Å². The van der Waals surface area contributed by atoms with Crippen molar-refractivity contribution in [2.24, 2.45) is 0 Å². The van der Waals surface area contributed by atoms with Crippen LogP contribution in [0.25, 0.3) is 0 Å². The largest absolute Gasteiger partial charge is 0.490 e. The first kappa shape index (κ1) is 24.2. The Kier molecular flexibility index (Phi) is 8.94. The molecule has 2 amide bonds. The van der Waals surface area contributed by atoms with Crippen LogP contribution in [0.3, 0.4) is 0 Å². The van der Waals surface area contributed by atoms with Crippen molar-refractivity contribution in [2.75, 3.05) is 31.7 Å². The molecule has 174 valence electrons. The summed E-state index contributed by atoms with van der Waals surface area (Å²) < 4.78 is 17.0. The van der Waals surface area contributed by atoms with Gasteiger partial charge in [-0.2, -0.15) is 0 Å². The second-order valence-electron chi connectivity index (χ2n) is 7.06. The van der Waals surface area contributed by atoms with Crippen molar-refractivity contribution < 1.29 is 23.8 Å². The zero-order valence-electron chi connectivity index (χ0n) is 18.9. The molecule has 7 heteroatoms. The summed E-state index contributed by atoms with van der Waals surface area (Å²) in [5, 5.41) is 5.30. The van der Waals surface area contributed by atoms with E-state index >= 15 is 0 Å². The van der Waals surface area contributed by atoms with Crippen molar-refractivity contribution >= 4 is 17.5 Å². The van der Waals surface area contributed by atoms with Gasteiger partial charge in [-0.3, -0.25) is 9.59 Å². The smallest absolute Gasteiger partial charge is 0.251 e. The second kappa shape index (κ2) is 12.6. The van der Waals surface area contributed by atoms with Crippen LogP contribution in [0.1, 0.15) is 22.8 Å². The molecule has 0 aromatic heterocycles. The Morgan fingerprint density at radius 3 is 2.44 bits per heavy atom. The molecule has 0 aliphatic heterocycles.